The van der Waals surface area contributed by atoms with E-state index in [2.05, 4.69) is 5.32 Å². The Kier molecular flexibility index (Phi) is 9.19. The van der Waals surface area contributed by atoms with E-state index in [0.29, 0.717) is 29.2 Å². The molecule has 11 nitrogen and oxygen atoms in total. The minimum absolute atomic E-state index is 0.103. The number of hydrogen-bond acceptors (Lipinski definition) is 9. The van der Waals surface area contributed by atoms with Crippen LogP contribution in [0.3, 0.4) is 0 Å². The summed E-state index contributed by atoms with van der Waals surface area (Å²) in [6.07, 6.45) is -0.307. The number of rotatable bonds is 8. The third kappa shape index (κ3) is 7.98. The van der Waals surface area contributed by atoms with Crippen molar-refractivity contribution >= 4 is 46.3 Å². The van der Waals surface area contributed by atoms with Gasteiger partial charge in [-0.2, -0.15) is 0 Å². The van der Waals surface area contributed by atoms with E-state index < -0.39 is 22.9 Å². The van der Waals surface area contributed by atoms with Gasteiger partial charge in [-0.05, 0) is 87.7 Å². The minimum Gasteiger partial charge on any atom is -0.508 e. The predicted molar refractivity (Wildman–Crippen MR) is 163 cm³/mol. The summed E-state index contributed by atoms with van der Waals surface area (Å²) in [5.74, 6) is 0.490. The van der Waals surface area contributed by atoms with Gasteiger partial charge in [0.1, 0.15) is 28.5 Å². The molecule has 1 heterocycles. The average molecular weight is 608 g/mol. The first-order chi connectivity index (χ1) is 20.2. The number of carbonyl (C=O) groups excluding carboxylic acids is 4. The lowest BCUT2D eigenvalue weighted by molar-refractivity contribution is -0.120. The van der Waals surface area contributed by atoms with Crippen LogP contribution in [0.4, 0.5) is 21.0 Å². The van der Waals surface area contributed by atoms with E-state index in [1.165, 1.54) is 24.9 Å². The summed E-state index contributed by atoms with van der Waals surface area (Å²) >= 11 is 0.950. The molecular weight excluding hydrogens is 574 g/mol. The Morgan fingerprint density at radius 1 is 0.977 bits per heavy atom. The molecule has 3 aromatic rings. The van der Waals surface area contributed by atoms with Gasteiger partial charge in [0, 0.05) is 20.0 Å². The molecule has 0 spiro atoms. The fourth-order valence-electron chi connectivity index (χ4n) is 4.13. The Bertz CT molecular complexity index is 1550. The van der Waals surface area contributed by atoms with Crippen molar-refractivity contribution in [2.24, 2.45) is 0 Å². The van der Waals surface area contributed by atoms with E-state index in [-0.39, 0.29) is 28.3 Å². The summed E-state index contributed by atoms with van der Waals surface area (Å²) in [6, 6.07) is 16.3. The molecule has 2 N–H and O–H groups in total. The van der Waals surface area contributed by atoms with Crippen LogP contribution in [0.25, 0.3) is 0 Å². The quantitative estimate of drug-likeness (QED) is 0.291. The molecule has 12 heteroatoms. The average Bonchev–Trinajstić information content (AvgIpc) is 3.24. The van der Waals surface area contributed by atoms with E-state index in [9.17, 15) is 24.3 Å². The molecule has 1 unspecified atom stereocenters. The van der Waals surface area contributed by atoms with Crippen molar-refractivity contribution in [2.45, 2.75) is 51.9 Å². The number of thioether (sulfide) groups is 1. The third-order valence-electron chi connectivity index (χ3n) is 6.17. The first-order valence-electron chi connectivity index (χ1n) is 13.4. The summed E-state index contributed by atoms with van der Waals surface area (Å²) in [4.78, 5) is 56.6. The Hall–Kier alpha value is -4.71. The lowest BCUT2D eigenvalue weighted by atomic mass is 10.1. The van der Waals surface area contributed by atoms with Gasteiger partial charge >= 0.3 is 6.09 Å². The summed E-state index contributed by atoms with van der Waals surface area (Å²) in [6.45, 7) is 8.35. The van der Waals surface area contributed by atoms with Gasteiger partial charge in [0.05, 0.1) is 10.9 Å². The number of nitrogens with zero attached hydrogens (tertiary/aromatic N) is 2. The van der Waals surface area contributed by atoms with Gasteiger partial charge in [0.25, 0.3) is 11.1 Å². The van der Waals surface area contributed by atoms with Gasteiger partial charge in [0.2, 0.25) is 5.91 Å². The first-order valence-corrected chi connectivity index (χ1v) is 14.3. The molecule has 1 atom stereocenters. The highest BCUT2D eigenvalue weighted by atomic mass is 32.2. The molecule has 226 valence electrons. The number of phenols is 1. The maximum absolute atomic E-state index is 13.1. The summed E-state index contributed by atoms with van der Waals surface area (Å²) in [5, 5.41) is 12.2. The summed E-state index contributed by atoms with van der Waals surface area (Å²) < 4.78 is 11.6. The van der Waals surface area contributed by atoms with Crippen molar-refractivity contribution in [1.82, 2.24) is 5.32 Å². The van der Waals surface area contributed by atoms with E-state index in [1.54, 1.807) is 82.3 Å². The fraction of sp³-hybridized carbons (Fsp3) is 0.290. The van der Waals surface area contributed by atoms with Crippen LogP contribution in [0.15, 0.2) is 60.7 Å². The number of amides is 4. The molecule has 43 heavy (non-hydrogen) atoms. The van der Waals surface area contributed by atoms with Gasteiger partial charge < -0.3 is 19.4 Å². The van der Waals surface area contributed by atoms with Crippen molar-refractivity contribution in [3.63, 3.8) is 0 Å². The Balaban J connectivity index is 1.64. The molecule has 0 bridgehead atoms. The zero-order chi connectivity index (χ0) is 31.5. The number of aryl methyl sites for hydroxylation is 1. The van der Waals surface area contributed by atoms with Gasteiger partial charge in [-0.1, -0.05) is 23.9 Å². The van der Waals surface area contributed by atoms with Crippen LogP contribution < -0.4 is 24.9 Å². The first kappa shape index (κ1) is 31.2. The number of imide groups is 1. The molecule has 0 aliphatic carbocycles. The topological polar surface area (TPSA) is 135 Å². The van der Waals surface area contributed by atoms with E-state index in [1.807, 2.05) is 0 Å². The van der Waals surface area contributed by atoms with Crippen LogP contribution in [-0.4, -0.2) is 46.2 Å². The number of ether oxygens (including phenoxy) is 2. The second-order valence-electron chi connectivity index (χ2n) is 10.9. The van der Waals surface area contributed by atoms with Gasteiger partial charge in [-0.15, -0.1) is 5.06 Å². The van der Waals surface area contributed by atoms with Crippen LogP contribution >= 0.6 is 11.8 Å². The number of anilines is 2. The molecular formula is C31H33N3O8S. The smallest absolute Gasteiger partial charge is 0.414 e. The molecule has 4 rings (SSSR count). The van der Waals surface area contributed by atoms with Crippen molar-refractivity contribution in [3.05, 3.63) is 71.8 Å². The molecule has 1 aliphatic rings. The SMILES string of the molecule is CC(=O)N(Oc1ccc(CC2SC(=O)NC2=O)cc1)c1ccc(Oc2ccc(O)cc2C)cc1N(C)C(=O)OC(C)(C)C. The summed E-state index contributed by atoms with van der Waals surface area (Å²) in [5.41, 5.74) is 1.25. The normalized spacial score (nSPS) is 14.6. The molecule has 3 aromatic carbocycles. The Labute approximate surface area is 253 Å². The predicted octanol–water partition coefficient (Wildman–Crippen LogP) is 6.11. The largest absolute Gasteiger partial charge is 0.508 e. The van der Waals surface area contributed by atoms with E-state index >= 15 is 0 Å². The minimum atomic E-state index is -0.772. The van der Waals surface area contributed by atoms with Crippen molar-refractivity contribution in [1.29, 1.82) is 0 Å². The number of hydroxylamine groups is 1. The van der Waals surface area contributed by atoms with Crippen molar-refractivity contribution < 1.29 is 38.6 Å². The number of nitrogens with one attached hydrogen (secondary N) is 1. The van der Waals surface area contributed by atoms with Crippen LogP contribution in [0.1, 0.15) is 38.8 Å². The van der Waals surface area contributed by atoms with Gasteiger partial charge in [-0.3, -0.25) is 24.6 Å². The molecule has 4 amide bonds. The molecule has 0 radical (unpaired) electrons. The van der Waals surface area contributed by atoms with Crippen molar-refractivity contribution in [2.75, 3.05) is 17.0 Å². The van der Waals surface area contributed by atoms with Crippen molar-refractivity contribution in [3.8, 4) is 23.0 Å². The third-order valence-corrected chi connectivity index (χ3v) is 7.16. The number of hydrogen-bond donors (Lipinski definition) is 2. The van der Waals surface area contributed by atoms with Crippen LogP contribution in [0, 0.1) is 6.92 Å². The van der Waals surface area contributed by atoms with Gasteiger partial charge in [0.15, 0.2) is 5.75 Å². The zero-order valence-corrected chi connectivity index (χ0v) is 25.5. The second-order valence-corrected chi connectivity index (χ2v) is 12.1. The monoisotopic (exact) mass is 607 g/mol. The molecule has 0 saturated carbocycles. The zero-order valence-electron chi connectivity index (χ0n) is 24.7. The molecule has 1 saturated heterocycles. The second kappa shape index (κ2) is 12.7. The number of benzene rings is 3. The lowest BCUT2D eigenvalue weighted by Gasteiger charge is -2.29. The lowest BCUT2D eigenvalue weighted by Crippen LogP contribution is -2.37. The molecule has 1 fully saturated rings. The fourth-order valence-corrected chi connectivity index (χ4v) is 4.99. The number of phenolic OH excluding ortho intramolecular Hbond substituents is 1. The standard InChI is InChI=1S/C31H33N3O8S/c1-18-15-21(36)9-14-26(18)40-23-12-13-24(25(17-23)33(6)30(39)41-31(3,4)5)34(19(2)35)42-22-10-7-20(8-11-22)16-27-28(37)32-29(38)43-27/h7-15,17,27,36H,16H2,1-6H3,(H,32,37,38). The summed E-state index contributed by atoms with van der Waals surface area (Å²) in [7, 11) is 1.51. The number of aromatic hydroxyl groups is 1. The molecule has 0 aromatic heterocycles. The Morgan fingerprint density at radius 3 is 2.23 bits per heavy atom. The number of carbonyl (C=O) groups is 4. The van der Waals surface area contributed by atoms with Crippen LogP contribution in [0.5, 0.6) is 23.0 Å². The van der Waals surface area contributed by atoms with Crippen LogP contribution in [-0.2, 0) is 20.7 Å². The highest BCUT2D eigenvalue weighted by molar-refractivity contribution is 8.15. The maximum Gasteiger partial charge on any atom is 0.414 e. The Morgan fingerprint density at radius 2 is 1.65 bits per heavy atom. The molecule has 1 aliphatic heterocycles. The maximum atomic E-state index is 13.1. The van der Waals surface area contributed by atoms with Gasteiger partial charge in [-0.25, -0.2) is 4.79 Å². The highest BCUT2D eigenvalue weighted by Crippen LogP contribution is 2.37. The van der Waals surface area contributed by atoms with E-state index in [0.717, 1.165) is 22.4 Å². The van der Waals surface area contributed by atoms with Crippen LogP contribution in [0.2, 0.25) is 0 Å². The highest BCUT2D eigenvalue weighted by Gasteiger charge is 2.31. The van der Waals surface area contributed by atoms with E-state index in [4.69, 9.17) is 14.3 Å².